The molecule has 0 spiro atoms. The Balaban J connectivity index is 1.50. The summed E-state index contributed by atoms with van der Waals surface area (Å²) < 4.78 is 27.7. The molecule has 0 saturated carbocycles. The Hall–Kier alpha value is -2.39. The monoisotopic (exact) mass is 458 g/mol. The van der Waals surface area contributed by atoms with Gasteiger partial charge in [-0.1, -0.05) is 36.0 Å². The normalized spacial score (nSPS) is 17.9. The summed E-state index contributed by atoms with van der Waals surface area (Å²) in [5.41, 5.74) is 4.55. The first-order chi connectivity index (χ1) is 14.7. The summed E-state index contributed by atoms with van der Waals surface area (Å²) in [7, 11) is -1.09. The third kappa shape index (κ3) is 4.21. The molecule has 0 radical (unpaired) electrons. The van der Waals surface area contributed by atoms with Crippen LogP contribution in [0, 0.1) is 20.8 Å². The Labute approximate surface area is 186 Å². The first-order valence-electron chi connectivity index (χ1n) is 10.2. The number of aryl methyl sites for hydroxylation is 2. The number of aromatic nitrogens is 4. The molecule has 9 heteroatoms. The van der Waals surface area contributed by atoms with E-state index in [2.05, 4.69) is 10.2 Å². The van der Waals surface area contributed by atoms with Gasteiger partial charge in [0.25, 0.3) is 0 Å². The van der Waals surface area contributed by atoms with Gasteiger partial charge < -0.3 is 9.13 Å². The van der Waals surface area contributed by atoms with E-state index in [1.54, 1.807) is 0 Å². The minimum absolute atomic E-state index is 0.00523. The minimum atomic E-state index is -2.99. The fourth-order valence-corrected chi connectivity index (χ4v) is 6.80. The first kappa shape index (κ1) is 21.8. The van der Waals surface area contributed by atoms with Crippen LogP contribution < -0.4 is 0 Å². The lowest BCUT2D eigenvalue weighted by atomic mass is 10.1. The first-order valence-corrected chi connectivity index (χ1v) is 13.0. The van der Waals surface area contributed by atoms with Crippen LogP contribution in [0.1, 0.15) is 39.8 Å². The molecule has 1 fully saturated rings. The van der Waals surface area contributed by atoms with Crippen LogP contribution in [0.2, 0.25) is 0 Å². The molecule has 3 aromatic rings. The van der Waals surface area contributed by atoms with Crippen LogP contribution in [-0.2, 0) is 16.9 Å². The van der Waals surface area contributed by atoms with Crippen molar-refractivity contribution in [3.05, 3.63) is 52.8 Å². The summed E-state index contributed by atoms with van der Waals surface area (Å²) in [6, 6.07) is 9.79. The number of nitrogens with zero attached hydrogens (tertiary/aromatic N) is 4. The number of sulfone groups is 1. The Morgan fingerprint density at radius 2 is 1.94 bits per heavy atom. The Bertz CT molecular complexity index is 1260. The van der Waals surface area contributed by atoms with Crippen LogP contribution in [0.15, 0.2) is 35.5 Å². The number of carbonyl (C=O) groups excluding carboxylic acids is 1. The molecule has 1 atom stereocenters. The summed E-state index contributed by atoms with van der Waals surface area (Å²) in [6.07, 6.45) is 0.599. The highest BCUT2D eigenvalue weighted by Crippen LogP contribution is 2.30. The van der Waals surface area contributed by atoms with Crippen molar-refractivity contribution in [1.82, 2.24) is 19.3 Å². The van der Waals surface area contributed by atoms with Crippen molar-refractivity contribution in [2.75, 3.05) is 17.3 Å². The van der Waals surface area contributed by atoms with Gasteiger partial charge in [-0.25, -0.2) is 8.42 Å². The molecule has 1 unspecified atom stereocenters. The van der Waals surface area contributed by atoms with Gasteiger partial charge in [0.05, 0.1) is 17.3 Å². The molecular weight excluding hydrogens is 432 g/mol. The fraction of sp³-hybridized carbons (Fsp3) is 0.409. The molecule has 0 N–H and O–H groups in total. The highest BCUT2D eigenvalue weighted by molar-refractivity contribution is 7.99. The molecule has 0 bridgehead atoms. The molecule has 1 aliphatic rings. The zero-order valence-electron chi connectivity index (χ0n) is 18.1. The van der Waals surface area contributed by atoms with Crippen molar-refractivity contribution in [2.45, 2.75) is 38.4 Å². The van der Waals surface area contributed by atoms with Crippen LogP contribution in [0.25, 0.3) is 11.4 Å². The van der Waals surface area contributed by atoms with Gasteiger partial charge in [0.15, 0.2) is 26.6 Å². The van der Waals surface area contributed by atoms with Gasteiger partial charge in [-0.05, 0) is 38.8 Å². The third-order valence-corrected chi connectivity index (χ3v) is 8.68. The summed E-state index contributed by atoms with van der Waals surface area (Å²) in [5.74, 6) is 1.38. The number of Topliss-reactive ketones (excluding diaryl/α,β-unsaturated/α-hetero) is 1. The van der Waals surface area contributed by atoms with Gasteiger partial charge in [-0.15, -0.1) is 10.2 Å². The van der Waals surface area contributed by atoms with Gasteiger partial charge in [0.1, 0.15) is 0 Å². The Morgan fingerprint density at radius 3 is 2.61 bits per heavy atom. The molecule has 1 aliphatic heterocycles. The highest BCUT2D eigenvalue weighted by atomic mass is 32.2. The van der Waals surface area contributed by atoms with Crippen LogP contribution in [0.3, 0.4) is 0 Å². The van der Waals surface area contributed by atoms with Crippen molar-refractivity contribution >= 4 is 27.4 Å². The van der Waals surface area contributed by atoms with E-state index in [-0.39, 0.29) is 29.1 Å². The lowest BCUT2D eigenvalue weighted by Crippen LogP contribution is -2.14. The van der Waals surface area contributed by atoms with E-state index in [9.17, 15) is 13.2 Å². The van der Waals surface area contributed by atoms with Crippen LogP contribution in [0.5, 0.6) is 0 Å². The second kappa shape index (κ2) is 8.27. The molecule has 0 aliphatic carbocycles. The Kier molecular flexibility index (Phi) is 5.83. The van der Waals surface area contributed by atoms with E-state index in [0.29, 0.717) is 17.1 Å². The maximum absolute atomic E-state index is 13.0. The topological polar surface area (TPSA) is 86.8 Å². The molecule has 164 valence electrons. The molecule has 4 rings (SSSR count). The van der Waals surface area contributed by atoms with Gasteiger partial charge in [-0.2, -0.15) is 0 Å². The van der Waals surface area contributed by atoms with E-state index in [1.807, 2.05) is 67.3 Å². The molecular formula is C22H26N4O3S2. The third-order valence-electron chi connectivity index (χ3n) is 5.91. The lowest BCUT2D eigenvalue weighted by Gasteiger charge is -2.16. The van der Waals surface area contributed by atoms with E-state index in [4.69, 9.17) is 0 Å². The highest BCUT2D eigenvalue weighted by Gasteiger charge is 2.31. The zero-order valence-corrected chi connectivity index (χ0v) is 19.8. The fourth-order valence-electron chi connectivity index (χ4n) is 4.31. The van der Waals surface area contributed by atoms with Gasteiger partial charge in [-0.3, -0.25) is 4.79 Å². The number of hydrogen-bond donors (Lipinski definition) is 0. The smallest absolute Gasteiger partial charge is 0.191 e. The molecule has 7 nitrogen and oxygen atoms in total. The molecule has 2 aromatic heterocycles. The van der Waals surface area contributed by atoms with Crippen molar-refractivity contribution in [3.63, 3.8) is 0 Å². The Morgan fingerprint density at radius 1 is 1.19 bits per heavy atom. The average Bonchev–Trinajstić information content (AvgIpc) is 3.35. The average molecular weight is 459 g/mol. The zero-order chi connectivity index (χ0) is 22.3. The van der Waals surface area contributed by atoms with Gasteiger partial charge in [0, 0.05) is 35.6 Å². The van der Waals surface area contributed by atoms with E-state index in [1.165, 1.54) is 11.8 Å². The quantitative estimate of drug-likeness (QED) is 0.415. The second-order valence-corrected chi connectivity index (χ2v) is 11.3. The van der Waals surface area contributed by atoms with E-state index < -0.39 is 9.84 Å². The van der Waals surface area contributed by atoms with Crippen molar-refractivity contribution in [1.29, 1.82) is 0 Å². The second-order valence-electron chi connectivity index (χ2n) is 8.10. The lowest BCUT2D eigenvalue weighted by molar-refractivity contribution is 0.102. The minimum Gasteiger partial charge on any atom is -0.344 e. The molecule has 0 amide bonds. The number of ketones is 1. The molecule has 3 heterocycles. The number of benzene rings is 1. The van der Waals surface area contributed by atoms with Gasteiger partial charge in [0.2, 0.25) is 0 Å². The number of thioether (sulfide) groups is 1. The molecule has 1 saturated heterocycles. The summed E-state index contributed by atoms with van der Waals surface area (Å²) in [6.45, 7) is 5.86. The van der Waals surface area contributed by atoms with Crippen LogP contribution in [0.4, 0.5) is 0 Å². The largest absolute Gasteiger partial charge is 0.344 e. The number of hydrogen-bond acceptors (Lipinski definition) is 6. The standard InChI is InChI=1S/C22H26N4O3S2/c1-14-7-5-6-8-18(14)21-23-24-22(25(21)4)30-12-20(27)19-11-15(2)26(16(19)3)17-9-10-31(28,29)13-17/h5-8,11,17H,9-10,12-13H2,1-4H3. The van der Waals surface area contributed by atoms with Crippen LogP contribution >= 0.6 is 11.8 Å². The number of rotatable bonds is 6. The summed E-state index contributed by atoms with van der Waals surface area (Å²) in [5, 5.41) is 9.28. The molecule has 1 aromatic carbocycles. The predicted molar refractivity (Wildman–Crippen MR) is 122 cm³/mol. The van der Waals surface area contributed by atoms with Crippen molar-refractivity contribution in [3.8, 4) is 11.4 Å². The van der Waals surface area contributed by atoms with Gasteiger partial charge >= 0.3 is 0 Å². The predicted octanol–water partition coefficient (Wildman–Crippen LogP) is 3.54. The summed E-state index contributed by atoms with van der Waals surface area (Å²) >= 11 is 1.36. The van der Waals surface area contributed by atoms with E-state index >= 15 is 0 Å². The molecule has 31 heavy (non-hydrogen) atoms. The van der Waals surface area contributed by atoms with E-state index in [0.717, 1.165) is 28.3 Å². The number of carbonyl (C=O) groups is 1. The van der Waals surface area contributed by atoms with Crippen molar-refractivity contribution < 1.29 is 13.2 Å². The van der Waals surface area contributed by atoms with Crippen molar-refractivity contribution in [2.24, 2.45) is 7.05 Å². The summed E-state index contributed by atoms with van der Waals surface area (Å²) in [4.78, 5) is 13.0. The maximum Gasteiger partial charge on any atom is 0.191 e. The maximum atomic E-state index is 13.0. The SMILES string of the molecule is Cc1ccccc1-c1nnc(SCC(=O)c2cc(C)n(C3CCS(=O)(=O)C3)c2C)n1C. The van der Waals surface area contributed by atoms with Crippen LogP contribution in [-0.4, -0.2) is 50.8 Å².